The first-order valence-corrected chi connectivity index (χ1v) is 6.45. The van der Waals surface area contributed by atoms with Gasteiger partial charge in [0.2, 0.25) is 0 Å². The summed E-state index contributed by atoms with van der Waals surface area (Å²) >= 11 is 0. The number of nitrogens with two attached hydrogens (primary N) is 1. The van der Waals surface area contributed by atoms with Gasteiger partial charge in [-0.25, -0.2) is 0 Å². The number of rotatable bonds is 4. The Bertz CT molecular complexity index is 410. The number of nitrogens with one attached hydrogen (secondary N) is 2. The number of hydrogen-bond donors (Lipinski definition) is 3. The van der Waals surface area contributed by atoms with Gasteiger partial charge in [-0.05, 0) is 25.7 Å². The Kier molecular flexibility index (Phi) is 4.19. The quantitative estimate of drug-likeness (QED) is 0.740. The number of hydrogen-bond acceptors (Lipinski definition) is 4. The molecule has 4 N–H and O–H groups in total. The van der Waals surface area contributed by atoms with Crippen molar-refractivity contribution in [3.05, 3.63) is 11.4 Å². The zero-order chi connectivity index (χ0) is 13.0. The number of nitrogen functional groups attached to an aromatic ring is 1. The molecule has 100 valence electrons. The van der Waals surface area contributed by atoms with Crippen molar-refractivity contribution in [2.45, 2.75) is 38.7 Å². The fourth-order valence-corrected chi connectivity index (χ4v) is 2.09. The zero-order valence-corrected chi connectivity index (χ0v) is 10.7. The fraction of sp³-hybridized carbons (Fsp3) is 0.667. The molecule has 0 bridgehead atoms. The van der Waals surface area contributed by atoms with Crippen LogP contribution in [0.15, 0.2) is 0 Å². The minimum atomic E-state index is -0.238. The molecule has 1 unspecified atom stereocenters. The third-order valence-electron chi connectivity index (χ3n) is 3.22. The number of carbonyl (C=O) groups is 1. The van der Waals surface area contributed by atoms with Gasteiger partial charge in [-0.2, -0.15) is 5.10 Å². The molecular formula is C12H20N4O2. The van der Waals surface area contributed by atoms with Gasteiger partial charge in [0.05, 0.1) is 17.5 Å². The Balaban J connectivity index is 1.88. The molecule has 0 aliphatic carbocycles. The lowest BCUT2D eigenvalue weighted by Crippen LogP contribution is -2.35. The molecule has 1 aromatic heterocycles. The van der Waals surface area contributed by atoms with E-state index in [1.807, 2.05) is 6.92 Å². The van der Waals surface area contributed by atoms with E-state index in [-0.39, 0.29) is 17.7 Å². The highest BCUT2D eigenvalue weighted by atomic mass is 16.5. The molecule has 1 aliphatic heterocycles. The molecule has 1 atom stereocenters. The van der Waals surface area contributed by atoms with Crippen LogP contribution < -0.4 is 11.1 Å². The van der Waals surface area contributed by atoms with E-state index in [0.29, 0.717) is 12.2 Å². The van der Waals surface area contributed by atoms with E-state index < -0.39 is 0 Å². The minimum absolute atomic E-state index is 0.119. The summed E-state index contributed by atoms with van der Waals surface area (Å²) in [5.74, 6) is -0.238. The highest BCUT2D eigenvalue weighted by Crippen LogP contribution is 2.15. The largest absolute Gasteiger partial charge is 0.395 e. The van der Waals surface area contributed by atoms with Gasteiger partial charge in [0.1, 0.15) is 0 Å². The maximum absolute atomic E-state index is 11.9. The molecule has 0 radical (unpaired) electrons. The van der Waals surface area contributed by atoms with Crippen LogP contribution in [0.1, 0.15) is 42.4 Å². The molecule has 0 aromatic carbocycles. The second-order valence-electron chi connectivity index (χ2n) is 4.52. The smallest absolute Gasteiger partial charge is 0.274 e. The third kappa shape index (κ3) is 2.81. The Labute approximate surface area is 106 Å². The van der Waals surface area contributed by atoms with E-state index in [0.717, 1.165) is 38.0 Å². The van der Waals surface area contributed by atoms with E-state index in [2.05, 4.69) is 15.5 Å². The average Bonchev–Trinajstić information content (AvgIpc) is 2.78. The summed E-state index contributed by atoms with van der Waals surface area (Å²) in [5.41, 5.74) is 7.36. The average molecular weight is 252 g/mol. The van der Waals surface area contributed by atoms with Gasteiger partial charge in [-0.3, -0.25) is 9.89 Å². The van der Waals surface area contributed by atoms with Crippen LogP contribution >= 0.6 is 0 Å². The van der Waals surface area contributed by atoms with Crippen LogP contribution in [0.5, 0.6) is 0 Å². The highest BCUT2D eigenvalue weighted by Gasteiger charge is 2.19. The Morgan fingerprint density at radius 2 is 2.44 bits per heavy atom. The molecule has 2 rings (SSSR count). The van der Waals surface area contributed by atoms with Gasteiger partial charge in [-0.15, -0.1) is 0 Å². The van der Waals surface area contributed by atoms with E-state index >= 15 is 0 Å². The van der Waals surface area contributed by atoms with E-state index in [9.17, 15) is 4.79 Å². The first kappa shape index (κ1) is 12.9. The molecule has 6 heteroatoms. The molecule has 1 aromatic rings. The zero-order valence-electron chi connectivity index (χ0n) is 10.7. The molecule has 0 saturated carbocycles. The summed E-state index contributed by atoms with van der Waals surface area (Å²) in [7, 11) is 0. The summed E-state index contributed by atoms with van der Waals surface area (Å²) in [5, 5.41) is 9.54. The monoisotopic (exact) mass is 252 g/mol. The number of carbonyl (C=O) groups excluding carboxylic acids is 1. The van der Waals surface area contributed by atoms with Crippen LogP contribution in [0.2, 0.25) is 0 Å². The van der Waals surface area contributed by atoms with Crippen LogP contribution in [0, 0.1) is 0 Å². The van der Waals surface area contributed by atoms with Crippen LogP contribution in [-0.2, 0) is 11.2 Å². The molecule has 1 aliphatic rings. The topological polar surface area (TPSA) is 93.0 Å². The fourth-order valence-electron chi connectivity index (χ4n) is 2.09. The summed E-state index contributed by atoms with van der Waals surface area (Å²) in [6.45, 7) is 3.26. The van der Waals surface area contributed by atoms with Crippen molar-refractivity contribution in [2.24, 2.45) is 0 Å². The van der Waals surface area contributed by atoms with Crippen molar-refractivity contribution in [1.82, 2.24) is 15.5 Å². The predicted molar refractivity (Wildman–Crippen MR) is 68.3 cm³/mol. The van der Waals surface area contributed by atoms with Crippen molar-refractivity contribution in [2.75, 3.05) is 18.9 Å². The number of aromatic nitrogens is 2. The summed E-state index contributed by atoms with van der Waals surface area (Å²) in [6.07, 6.45) is 4.12. The van der Waals surface area contributed by atoms with Gasteiger partial charge in [0, 0.05) is 13.2 Å². The molecule has 18 heavy (non-hydrogen) atoms. The van der Waals surface area contributed by atoms with E-state index in [4.69, 9.17) is 10.5 Å². The van der Waals surface area contributed by atoms with Crippen molar-refractivity contribution >= 4 is 11.6 Å². The van der Waals surface area contributed by atoms with Crippen molar-refractivity contribution in [3.63, 3.8) is 0 Å². The second-order valence-corrected chi connectivity index (χ2v) is 4.52. The molecule has 1 fully saturated rings. The van der Waals surface area contributed by atoms with Crippen molar-refractivity contribution in [3.8, 4) is 0 Å². The van der Waals surface area contributed by atoms with E-state index in [1.54, 1.807) is 0 Å². The van der Waals surface area contributed by atoms with Crippen molar-refractivity contribution in [1.29, 1.82) is 0 Å². The lowest BCUT2D eigenvalue weighted by molar-refractivity contribution is 0.0168. The first-order valence-electron chi connectivity index (χ1n) is 6.45. The predicted octanol–water partition coefficient (Wildman–Crippen LogP) is 0.853. The van der Waals surface area contributed by atoms with Crippen LogP contribution in [0.4, 0.5) is 5.69 Å². The standard InChI is InChI=1S/C12H20N4O2/c1-2-9-10(13)11(16-15-9)12(17)14-7-8-5-3-4-6-18-8/h8H,2-7,13H2,1H3,(H,14,17)(H,15,16). The molecule has 1 saturated heterocycles. The summed E-state index contributed by atoms with van der Waals surface area (Å²) in [4.78, 5) is 11.9. The molecule has 1 amide bonds. The van der Waals surface area contributed by atoms with Crippen molar-refractivity contribution < 1.29 is 9.53 Å². The normalized spacial score (nSPS) is 19.7. The number of aromatic amines is 1. The number of nitrogens with zero attached hydrogens (tertiary/aromatic N) is 1. The Morgan fingerprint density at radius 1 is 1.61 bits per heavy atom. The van der Waals surface area contributed by atoms with Crippen LogP contribution in [0.25, 0.3) is 0 Å². The Morgan fingerprint density at radius 3 is 3.06 bits per heavy atom. The SMILES string of the molecule is CCc1[nH]nc(C(=O)NCC2CCCCO2)c1N. The minimum Gasteiger partial charge on any atom is -0.395 e. The summed E-state index contributed by atoms with van der Waals surface area (Å²) < 4.78 is 5.55. The van der Waals surface area contributed by atoms with Crippen LogP contribution in [-0.4, -0.2) is 35.4 Å². The Hall–Kier alpha value is -1.56. The second kappa shape index (κ2) is 5.86. The molecule has 0 spiro atoms. The highest BCUT2D eigenvalue weighted by molar-refractivity contribution is 5.97. The number of ether oxygens (including phenoxy) is 1. The number of amides is 1. The molecular weight excluding hydrogens is 232 g/mol. The van der Waals surface area contributed by atoms with Gasteiger partial charge in [-0.1, -0.05) is 6.92 Å². The number of anilines is 1. The maximum atomic E-state index is 11.9. The number of H-pyrrole nitrogens is 1. The first-order chi connectivity index (χ1) is 8.72. The molecule has 2 heterocycles. The maximum Gasteiger partial charge on any atom is 0.274 e. The van der Waals surface area contributed by atoms with Gasteiger partial charge in [0.15, 0.2) is 5.69 Å². The van der Waals surface area contributed by atoms with Gasteiger partial charge < -0.3 is 15.8 Å². The molecule has 6 nitrogen and oxygen atoms in total. The lowest BCUT2D eigenvalue weighted by atomic mass is 10.1. The number of aryl methyl sites for hydroxylation is 1. The van der Waals surface area contributed by atoms with Gasteiger partial charge >= 0.3 is 0 Å². The van der Waals surface area contributed by atoms with E-state index in [1.165, 1.54) is 0 Å². The van der Waals surface area contributed by atoms with Gasteiger partial charge in [0.25, 0.3) is 5.91 Å². The lowest BCUT2D eigenvalue weighted by Gasteiger charge is -2.22. The van der Waals surface area contributed by atoms with Crippen LogP contribution in [0.3, 0.4) is 0 Å². The third-order valence-corrected chi connectivity index (χ3v) is 3.22. The summed E-state index contributed by atoms with van der Waals surface area (Å²) in [6, 6.07) is 0.